The van der Waals surface area contributed by atoms with E-state index in [1.54, 1.807) is 0 Å². The van der Waals surface area contributed by atoms with Gasteiger partial charge in [-0.3, -0.25) is 4.79 Å². The van der Waals surface area contributed by atoms with Crippen LogP contribution in [0, 0.1) is 0 Å². The van der Waals surface area contributed by atoms with Crippen LogP contribution in [0.2, 0.25) is 0 Å². The maximum absolute atomic E-state index is 11.8. The van der Waals surface area contributed by atoms with Crippen molar-refractivity contribution in [2.24, 2.45) is 0 Å². The van der Waals surface area contributed by atoms with Gasteiger partial charge in [0.15, 0.2) is 0 Å². The topological polar surface area (TPSA) is 32.3 Å². The molecule has 0 aliphatic carbocycles. The average Bonchev–Trinajstić information content (AvgIpc) is 2.72. The normalized spacial score (nSPS) is 15.8. The van der Waals surface area contributed by atoms with Gasteiger partial charge in [0.05, 0.1) is 0 Å². The van der Waals surface area contributed by atoms with Crippen molar-refractivity contribution in [2.45, 2.75) is 26.3 Å². The number of nitrogens with zero attached hydrogens (tertiary/aromatic N) is 1. The molecular weight excluding hydrogens is 200 g/mol. The molecule has 1 heterocycles. The summed E-state index contributed by atoms with van der Waals surface area (Å²) in [5.74, 6) is 0.110. The van der Waals surface area contributed by atoms with Gasteiger partial charge in [-0.05, 0) is 31.9 Å². The summed E-state index contributed by atoms with van der Waals surface area (Å²) in [4.78, 5) is 14.0. The summed E-state index contributed by atoms with van der Waals surface area (Å²) in [5, 5.41) is 2.87. The van der Waals surface area contributed by atoms with Crippen LogP contribution in [0.15, 0.2) is 24.3 Å². The fourth-order valence-corrected chi connectivity index (χ4v) is 2.23. The van der Waals surface area contributed by atoms with E-state index in [0.717, 1.165) is 13.0 Å². The Balaban J connectivity index is 2.15. The van der Waals surface area contributed by atoms with E-state index in [2.05, 4.69) is 28.4 Å². The van der Waals surface area contributed by atoms with Gasteiger partial charge in [0.2, 0.25) is 5.91 Å². The predicted octanol–water partition coefficient (Wildman–Crippen LogP) is 1.57. The van der Waals surface area contributed by atoms with Crippen LogP contribution in [0.5, 0.6) is 0 Å². The molecule has 0 saturated carbocycles. The summed E-state index contributed by atoms with van der Waals surface area (Å²) in [6, 6.07) is 8.24. The van der Waals surface area contributed by atoms with Crippen LogP contribution < -0.4 is 10.2 Å². The lowest BCUT2D eigenvalue weighted by atomic mass is 10.1. The van der Waals surface area contributed by atoms with Crippen molar-refractivity contribution < 1.29 is 4.79 Å². The number of para-hydroxylation sites is 1. The molecule has 1 N–H and O–H groups in total. The van der Waals surface area contributed by atoms with Crippen LogP contribution in [0.1, 0.15) is 19.4 Å². The zero-order chi connectivity index (χ0) is 11.5. The SMILES string of the molecule is CCNC(=O)[C@@H](C)N1CCc2ccccc21. The monoisotopic (exact) mass is 218 g/mol. The lowest BCUT2D eigenvalue weighted by molar-refractivity contribution is -0.121. The molecule has 3 nitrogen and oxygen atoms in total. The van der Waals surface area contributed by atoms with E-state index < -0.39 is 0 Å². The molecule has 0 aromatic heterocycles. The lowest BCUT2D eigenvalue weighted by Crippen LogP contribution is -2.44. The summed E-state index contributed by atoms with van der Waals surface area (Å²) >= 11 is 0. The smallest absolute Gasteiger partial charge is 0.242 e. The second-order valence-corrected chi connectivity index (χ2v) is 4.14. The van der Waals surface area contributed by atoms with Crippen LogP contribution in [-0.2, 0) is 11.2 Å². The molecule has 0 saturated heterocycles. The van der Waals surface area contributed by atoms with Crippen LogP contribution >= 0.6 is 0 Å². The minimum Gasteiger partial charge on any atom is -0.359 e. The van der Waals surface area contributed by atoms with Gasteiger partial charge in [-0.2, -0.15) is 0 Å². The predicted molar refractivity (Wildman–Crippen MR) is 65.6 cm³/mol. The molecule has 2 rings (SSSR count). The highest BCUT2D eigenvalue weighted by molar-refractivity contribution is 5.85. The third-order valence-corrected chi connectivity index (χ3v) is 3.12. The van der Waals surface area contributed by atoms with Gasteiger partial charge in [-0.1, -0.05) is 18.2 Å². The summed E-state index contributed by atoms with van der Waals surface area (Å²) < 4.78 is 0. The van der Waals surface area contributed by atoms with E-state index in [1.165, 1.54) is 11.3 Å². The van der Waals surface area contributed by atoms with E-state index in [-0.39, 0.29) is 11.9 Å². The van der Waals surface area contributed by atoms with Crippen molar-refractivity contribution in [3.63, 3.8) is 0 Å². The number of hydrogen-bond acceptors (Lipinski definition) is 2. The molecule has 1 aromatic carbocycles. The number of likely N-dealkylation sites (N-methyl/N-ethyl adjacent to an activating group) is 1. The third kappa shape index (κ3) is 1.90. The summed E-state index contributed by atoms with van der Waals surface area (Å²) in [6.45, 7) is 5.55. The number of nitrogens with one attached hydrogen (secondary N) is 1. The van der Waals surface area contributed by atoms with Crippen molar-refractivity contribution >= 4 is 11.6 Å². The molecule has 0 unspecified atom stereocenters. The maximum Gasteiger partial charge on any atom is 0.242 e. The number of fused-ring (bicyclic) bond motifs is 1. The molecule has 1 aliphatic heterocycles. The van der Waals surface area contributed by atoms with Crippen molar-refractivity contribution in [1.29, 1.82) is 0 Å². The molecule has 86 valence electrons. The highest BCUT2D eigenvalue weighted by atomic mass is 16.2. The third-order valence-electron chi connectivity index (χ3n) is 3.12. The molecule has 1 aromatic rings. The Morgan fingerprint density at radius 2 is 2.25 bits per heavy atom. The molecule has 1 atom stereocenters. The van der Waals surface area contributed by atoms with E-state index in [9.17, 15) is 4.79 Å². The van der Waals surface area contributed by atoms with E-state index in [1.807, 2.05) is 19.9 Å². The molecule has 0 bridgehead atoms. The number of carbonyl (C=O) groups is 1. The standard InChI is InChI=1S/C13H18N2O/c1-3-14-13(16)10(2)15-9-8-11-6-4-5-7-12(11)15/h4-7,10H,3,8-9H2,1-2H3,(H,14,16)/t10-/m1/s1. The molecule has 1 amide bonds. The van der Waals surface area contributed by atoms with Crippen molar-refractivity contribution in [2.75, 3.05) is 18.0 Å². The first-order valence-corrected chi connectivity index (χ1v) is 5.86. The fraction of sp³-hybridized carbons (Fsp3) is 0.462. The Morgan fingerprint density at radius 3 is 3.00 bits per heavy atom. The van der Waals surface area contributed by atoms with Crippen molar-refractivity contribution in [1.82, 2.24) is 5.32 Å². The zero-order valence-corrected chi connectivity index (χ0v) is 9.86. The molecule has 0 radical (unpaired) electrons. The van der Waals surface area contributed by atoms with E-state index in [0.29, 0.717) is 6.54 Å². The Hall–Kier alpha value is -1.51. The molecule has 3 heteroatoms. The molecule has 16 heavy (non-hydrogen) atoms. The van der Waals surface area contributed by atoms with E-state index >= 15 is 0 Å². The number of anilines is 1. The maximum atomic E-state index is 11.8. The van der Waals surface area contributed by atoms with Crippen molar-refractivity contribution in [3.8, 4) is 0 Å². The second kappa shape index (κ2) is 4.56. The minimum atomic E-state index is -0.0800. The van der Waals surface area contributed by atoms with Gasteiger partial charge in [0, 0.05) is 18.8 Å². The van der Waals surface area contributed by atoms with Gasteiger partial charge in [-0.15, -0.1) is 0 Å². The lowest BCUT2D eigenvalue weighted by Gasteiger charge is -2.26. The first-order valence-electron chi connectivity index (χ1n) is 5.86. The van der Waals surface area contributed by atoms with Crippen LogP contribution in [0.4, 0.5) is 5.69 Å². The van der Waals surface area contributed by atoms with Crippen LogP contribution in [-0.4, -0.2) is 25.0 Å². The van der Waals surface area contributed by atoms with Crippen molar-refractivity contribution in [3.05, 3.63) is 29.8 Å². The first kappa shape index (κ1) is 11.0. The highest BCUT2D eigenvalue weighted by Gasteiger charge is 2.26. The first-order chi connectivity index (χ1) is 7.74. The van der Waals surface area contributed by atoms with Gasteiger partial charge in [0.25, 0.3) is 0 Å². The average molecular weight is 218 g/mol. The van der Waals surface area contributed by atoms with Crippen LogP contribution in [0.25, 0.3) is 0 Å². The zero-order valence-electron chi connectivity index (χ0n) is 9.86. The second-order valence-electron chi connectivity index (χ2n) is 4.14. The Labute approximate surface area is 96.5 Å². The number of amides is 1. The summed E-state index contributed by atoms with van der Waals surface area (Å²) in [5.41, 5.74) is 2.56. The Kier molecular flexibility index (Phi) is 3.13. The quantitative estimate of drug-likeness (QED) is 0.835. The fourth-order valence-electron chi connectivity index (χ4n) is 2.23. The van der Waals surface area contributed by atoms with Gasteiger partial charge in [0.1, 0.15) is 6.04 Å². The largest absolute Gasteiger partial charge is 0.359 e. The summed E-state index contributed by atoms with van der Waals surface area (Å²) in [6.07, 6.45) is 1.04. The van der Waals surface area contributed by atoms with E-state index in [4.69, 9.17) is 0 Å². The number of carbonyl (C=O) groups excluding carboxylic acids is 1. The molecule has 0 spiro atoms. The number of rotatable bonds is 3. The van der Waals surface area contributed by atoms with Gasteiger partial charge < -0.3 is 10.2 Å². The Bertz CT molecular complexity index is 389. The van der Waals surface area contributed by atoms with Gasteiger partial charge >= 0.3 is 0 Å². The number of benzene rings is 1. The molecule has 1 aliphatic rings. The minimum absolute atomic E-state index is 0.0800. The van der Waals surface area contributed by atoms with Gasteiger partial charge in [-0.25, -0.2) is 0 Å². The Morgan fingerprint density at radius 1 is 1.50 bits per heavy atom. The van der Waals surface area contributed by atoms with Crippen LogP contribution in [0.3, 0.4) is 0 Å². The number of hydrogen-bond donors (Lipinski definition) is 1. The molecular formula is C13H18N2O. The summed E-state index contributed by atoms with van der Waals surface area (Å²) in [7, 11) is 0. The highest BCUT2D eigenvalue weighted by Crippen LogP contribution is 2.28. The molecule has 0 fully saturated rings.